The molecule has 0 aliphatic rings. The standard InChI is InChI=1S/C24H31Cl2FN4O4S/c1-16(23(33)28-24(2,3)4)30(14-17-7-12-20(25)21(26)13-17)22(32)15-31(36(34,35)29(5)6)19-10-8-18(27)9-11-19/h7-13,16H,14-15H2,1-6H3,(H,28,33)/t16-/m0/s1. The first-order valence-electron chi connectivity index (χ1n) is 11.0. The van der Waals surface area contributed by atoms with Crippen LogP contribution in [0.3, 0.4) is 0 Å². The minimum Gasteiger partial charge on any atom is -0.350 e. The van der Waals surface area contributed by atoms with Crippen molar-refractivity contribution in [1.29, 1.82) is 0 Å². The maximum absolute atomic E-state index is 13.6. The van der Waals surface area contributed by atoms with E-state index in [9.17, 15) is 22.4 Å². The van der Waals surface area contributed by atoms with Crippen molar-refractivity contribution in [3.05, 3.63) is 63.9 Å². The molecule has 8 nitrogen and oxygen atoms in total. The highest BCUT2D eigenvalue weighted by Gasteiger charge is 2.33. The highest BCUT2D eigenvalue weighted by Crippen LogP contribution is 2.25. The lowest BCUT2D eigenvalue weighted by atomic mass is 10.1. The number of carbonyl (C=O) groups excluding carboxylic acids is 2. The van der Waals surface area contributed by atoms with Gasteiger partial charge in [-0.3, -0.25) is 9.59 Å². The molecular formula is C24H31Cl2FN4O4S. The third-order valence-corrected chi connectivity index (χ3v) is 7.69. The van der Waals surface area contributed by atoms with E-state index < -0.39 is 46.0 Å². The van der Waals surface area contributed by atoms with Crippen LogP contribution in [0.1, 0.15) is 33.3 Å². The van der Waals surface area contributed by atoms with Crippen molar-refractivity contribution in [2.24, 2.45) is 0 Å². The summed E-state index contributed by atoms with van der Waals surface area (Å²) in [4.78, 5) is 27.9. The van der Waals surface area contributed by atoms with Crippen molar-refractivity contribution in [2.75, 3.05) is 24.9 Å². The Bertz CT molecular complexity index is 1200. The Kier molecular flexibility index (Phi) is 9.75. The average molecular weight is 562 g/mol. The molecule has 1 N–H and O–H groups in total. The van der Waals surface area contributed by atoms with Crippen LogP contribution >= 0.6 is 23.2 Å². The van der Waals surface area contributed by atoms with E-state index in [0.29, 0.717) is 10.6 Å². The SMILES string of the molecule is C[C@@H](C(=O)NC(C)(C)C)N(Cc1ccc(Cl)c(Cl)c1)C(=O)CN(c1ccc(F)cc1)S(=O)(=O)N(C)C. The molecule has 0 bridgehead atoms. The minimum atomic E-state index is -4.14. The molecule has 0 aliphatic heterocycles. The summed E-state index contributed by atoms with van der Waals surface area (Å²) in [7, 11) is -1.49. The van der Waals surface area contributed by atoms with Crippen molar-refractivity contribution < 1.29 is 22.4 Å². The summed E-state index contributed by atoms with van der Waals surface area (Å²) in [6.07, 6.45) is 0. The molecule has 198 valence electrons. The number of halogens is 3. The van der Waals surface area contributed by atoms with Gasteiger partial charge in [-0.15, -0.1) is 0 Å². The van der Waals surface area contributed by atoms with E-state index in [1.807, 2.05) is 20.8 Å². The fourth-order valence-corrected chi connectivity index (χ4v) is 4.59. The Morgan fingerprint density at radius 3 is 2.11 bits per heavy atom. The molecule has 0 aliphatic carbocycles. The molecule has 0 saturated carbocycles. The normalized spacial score (nSPS) is 12.8. The van der Waals surface area contributed by atoms with E-state index in [0.717, 1.165) is 20.7 Å². The van der Waals surface area contributed by atoms with Crippen LogP contribution in [0.2, 0.25) is 10.0 Å². The molecule has 2 aromatic rings. The maximum Gasteiger partial charge on any atom is 0.304 e. The second-order valence-corrected chi connectivity index (χ2v) is 12.3. The van der Waals surface area contributed by atoms with Gasteiger partial charge in [0.05, 0.1) is 15.7 Å². The minimum absolute atomic E-state index is 0.0340. The molecule has 2 rings (SSSR count). The van der Waals surface area contributed by atoms with Gasteiger partial charge in [-0.2, -0.15) is 12.7 Å². The van der Waals surface area contributed by atoms with Crippen LogP contribution in [0, 0.1) is 5.82 Å². The molecule has 0 radical (unpaired) electrons. The smallest absolute Gasteiger partial charge is 0.304 e. The number of hydrogen-bond donors (Lipinski definition) is 1. The van der Waals surface area contributed by atoms with Gasteiger partial charge < -0.3 is 10.2 Å². The van der Waals surface area contributed by atoms with Crippen LogP contribution < -0.4 is 9.62 Å². The van der Waals surface area contributed by atoms with Crippen molar-refractivity contribution in [1.82, 2.24) is 14.5 Å². The zero-order valence-corrected chi connectivity index (χ0v) is 23.4. The van der Waals surface area contributed by atoms with E-state index in [2.05, 4.69) is 5.32 Å². The first kappa shape index (κ1) is 29.8. The second kappa shape index (κ2) is 11.8. The van der Waals surface area contributed by atoms with Crippen LogP contribution in [0.25, 0.3) is 0 Å². The maximum atomic E-state index is 13.6. The van der Waals surface area contributed by atoms with Gasteiger partial charge in [0.15, 0.2) is 0 Å². The third-order valence-electron chi connectivity index (χ3n) is 5.14. The Morgan fingerprint density at radius 1 is 1.03 bits per heavy atom. The Morgan fingerprint density at radius 2 is 1.61 bits per heavy atom. The van der Waals surface area contributed by atoms with Gasteiger partial charge in [-0.1, -0.05) is 29.3 Å². The zero-order chi connectivity index (χ0) is 27.4. The van der Waals surface area contributed by atoms with Gasteiger partial charge in [-0.25, -0.2) is 8.70 Å². The quantitative estimate of drug-likeness (QED) is 0.500. The van der Waals surface area contributed by atoms with Crippen LogP contribution in [0.4, 0.5) is 10.1 Å². The molecule has 0 saturated heterocycles. The van der Waals surface area contributed by atoms with E-state index in [4.69, 9.17) is 23.2 Å². The summed E-state index contributed by atoms with van der Waals surface area (Å²) in [5, 5.41) is 3.44. The summed E-state index contributed by atoms with van der Waals surface area (Å²) in [5.41, 5.74) is 0.134. The zero-order valence-electron chi connectivity index (χ0n) is 21.0. The first-order valence-corrected chi connectivity index (χ1v) is 13.2. The molecular weight excluding hydrogens is 530 g/mol. The predicted molar refractivity (Wildman–Crippen MR) is 141 cm³/mol. The Labute approximate surface area is 222 Å². The van der Waals surface area contributed by atoms with E-state index in [1.54, 1.807) is 25.1 Å². The van der Waals surface area contributed by atoms with E-state index in [1.165, 1.54) is 31.1 Å². The van der Waals surface area contributed by atoms with E-state index in [-0.39, 0.29) is 17.3 Å². The van der Waals surface area contributed by atoms with Crippen LogP contribution in [-0.2, 0) is 26.3 Å². The van der Waals surface area contributed by atoms with Gasteiger partial charge in [0.25, 0.3) is 0 Å². The average Bonchev–Trinajstić information content (AvgIpc) is 2.77. The van der Waals surface area contributed by atoms with Crippen molar-refractivity contribution in [3.8, 4) is 0 Å². The lowest BCUT2D eigenvalue weighted by molar-refractivity contribution is -0.140. The summed E-state index contributed by atoms with van der Waals surface area (Å²) in [6.45, 7) is 6.32. The van der Waals surface area contributed by atoms with Crippen LogP contribution in [0.15, 0.2) is 42.5 Å². The molecule has 0 spiro atoms. The van der Waals surface area contributed by atoms with Crippen molar-refractivity contribution in [2.45, 2.75) is 45.8 Å². The number of nitrogens with zero attached hydrogens (tertiary/aromatic N) is 3. The molecule has 0 aromatic heterocycles. The van der Waals surface area contributed by atoms with Gasteiger partial charge in [0.1, 0.15) is 18.4 Å². The molecule has 0 unspecified atom stereocenters. The number of anilines is 1. The topological polar surface area (TPSA) is 90.0 Å². The fourth-order valence-electron chi connectivity index (χ4n) is 3.22. The lowest BCUT2D eigenvalue weighted by Crippen LogP contribution is -2.54. The molecule has 36 heavy (non-hydrogen) atoms. The summed E-state index contributed by atoms with van der Waals surface area (Å²) in [6, 6.07) is 8.59. The highest BCUT2D eigenvalue weighted by molar-refractivity contribution is 7.90. The lowest BCUT2D eigenvalue weighted by Gasteiger charge is -2.34. The number of hydrogen-bond acceptors (Lipinski definition) is 4. The molecule has 2 aromatic carbocycles. The summed E-state index contributed by atoms with van der Waals surface area (Å²) >= 11 is 12.2. The van der Waals surface area contributed by atoms with Gasteiger partial charge in [-0.05, 0) is 69.7 Å². The monoisotopic (exact) mass is 560 g/mol. The van der Waals surface area contributed by atoms with Gasteiger partial charge >= 0.3 is 10.2 Å². The van der Waals surface area contributed by atoms with Crippen molar-refractivity contribution >= 4 is 50.9 Å². The number of carbonyl (C=O) groups is 2. The van der Waals surface area contributed by atoms with Crippen LogP contribution in [0.5, 0.6) is 0 Å². The summed E-state index contributed by atoms with van der Waals surface area (Å²) < 4.78 is 41.5. The molecule has 0 fully saturated rings. The largest absolute Gasteiger partial charge is 0.350 e. The Balaban J connectivity index is 2.48. The highest BCUT2D eigenvalue weighted by atomic mass is 35.5. The number of rotatable bonds is 9. The van der Waals surface area contributed by atoms with Gasteiger partial charge in [0.2, 0.25) is 11.8 Å². The predicted octanol–water partition coefficient (Wildman–Crippen LogP) is 4.08. The molecule has 12 heteroatoms. The molecule has 1 atom stereocenters. The van der Waals surface area contributed by atoms with Crippen molar-refractivity contribution in [3.63, 3.8) is 0 Å². The summed E-state index contributed by atoms with van der Waals surface area (Å²) in [5.74, 6) is -1.62. The Hall–Kier alpha value is -2.40. The number of amides is 2. The third kappa shape index (κ3) is 7.80. The molecule has 2 amide bonds. The first-order chi connectivity index (χ1) is 16.5. The van der Waals surface area contributed by atoms with Gasteiger partial charge in [0, 0.05) is 26.2 Å². The molecule has 0 heterocycles. The fraction of sp³-hybridized carbons (Fsp3) is 0.417. The van der Waals surface area contributed by atoms with E-state index >= 15 is 0 Å². The van der Waals surface area contributed by atoms with Crippen LogP contribution in [-0.4, -0.2) is 61.7 Å². The number of nitrogens with one attached hydrogen (secondary N) is 1. The second-order valence-electron chi connectivity index (χ2n) is 9.46. The number of benzene rings is 2.